The number of ether oxygens (including phenoxy) is 1. The molecule has 1 fully saturated rings. The van der Waals surface area contributed by atoms with Gasteiger partial charge in [-0.15, -0.1) is 0 Å². The Morgan fingerprint density at radius 1 is 1.45 bits per heavy atom. The minimum atomic E-state index is 0.473. The van der Waals surface area contributed by atoms with E-state index in [1.54, 1.807) is 13.4 Å². The fraction of sp³-hybridized carbons (Fsp3) is 0.438. The van der Waals surface area contributed by atoms with Crippen LogP contribution in [0.25, 0.3) is 0 Å². The first-order valence-electron chi connectivity index (χ1n) is 7.15. The first-order valence-corrected chi connectivity index (χ1v) is 7.15. The molecule has 4 heteroatoms. The number of H-pyrrole nitrogens is 1. The second-order valence-electron chi connectivity index (χ2n) is 5.38. The summed E-state index contributed by atoms with van der Waals surface area (Å²) in [5, 5.41) is 0. The Morgan fingerprint density at radius 2 is 2.35 bits per heavy atom. The normalized spacial score (nSPS) is 19.4. The fourth-order valence-corrected chi connectivity index (χ4v) is 2.98. The molecule has 0 aliphatic carbocycles. The molecule has 1 aliphatic rings. The van der Waals surface area contributed by atoms with Gasteiger partial charge in [0.2, 0.25) is 0 Å². The van der Waals surface area contributed by atoms with Gasteiger partial charge in [-0.1, -0.05) is 12.1 Å². The van der Waals surface area contributed by atoms with Crippen molar-refractivity contribution in [2.75, 3.05) is 13.7 Å². The molecule has 1 aromatic carbocycles. The number of hydrogen-bond donors (Lipinski definition) is 1. The maximum atomic E-state index is 5.34. The summed E-state index contributed by atoms with van der Waals surface area (Å²) in [5.41, 5.74) is 3.66. The molecule has 1 aromatic heterocycles. The van der Waals surface area contributed by atoms with Gasteiger partial charge in [-0.05, 0) is 44.0 Å². The zero-order chi connectivity index (χ0) is 13.9. The number of aryl methyl sites for hydroxylation is 1. The Morgan fingerprint density at radius 3 is 3.10 bits per heavy atom. The standard InChI is InChI=1S/C16H21N3O/c1-12-15(18-11-17-12)10-19-8-4-7-16(19)13-5-3-6-14(9-13)20-2/h3,5-6,9,11,16H,4,7-8,10H2,1-2H3,(H,17,18). The van der Waals surface area contributed by atoms with E-state index in [0.717, 1.165) is 24.5 Å². The number of nitrogens with zero attached hydrogens (tertiary/aromatic N) is 2. The van der Waals surface area contributed by atoms with Crippen LogP contribution in [0.1, 0.15) is 35.8 Å². The lowest BCUT2D eigenvalue weighted by molar-refractivity contribution is 0.245. The summed E-state index contributed by atoms with van der Waals surface area (Å²) >= 11 is 0. The lowest BCUT2D eigenvalue weighted by Crippen LogP contribution is -2.23. The maximum absolute atomic E-state index is 5.34. The molecule has 2 aromatic rings. The smallest absolute Gasteiger partial charge is 0.119 e. The molecule has 0 amide bonds. The summed E-state index contributed by atoms with van der Waals surface area (Å²) in [5.74, 6) is 0.935. The lowest BCUT2D eigenvalue weighted by atomic mass is 10.0. The first-order chi connectivity index (χ1) is 9.78. The van der Waals surface area contributed by atoms with Gasteiger partial charge in [0, 0.05) is 18.3 Å². The predicted octanol–water partition coefficient (Wildman–Crippen LogP) is 3.06. The van der Waals surface area contributed by atoms with Crippen LogP contribution in [-0.2, 0) is 6.54 Å². The molecule has 106 valence electrons. The zero-order valence-corrected chi connectivity index (χ0v) is 12.1. The van der Waals surface area contributed by atoms with Gasteiger partial charge >= 0.3 is 0 Å². The third kappa shape index (κ3) is 2.56. The van der Waals surface area contributed by atoms with Crippen molar-refractivity contribution in [3.05, 3.63) is 47.5 Å². The van der Waals surface area contributed by atoms with Gasteiger partial charge in [0.05, 0.1) is 19.1 Å². The van der Waals surface area contributed by atoms with E-state index in [4.69, 9.17) is 4.74 Å². The van der Waals surface area contributed by atoms with Crippen molar-refractivity contribution < 1.29 is 4.74 Å². The zero-order valence-electron chi connectivity index (χ0n) is 12.1. The minimum absolute atomic E-state index is 0.473. The second kappa shape index (κ2) is 5.67. The number of methoxy groups -OCH3 is 1. The van der Waals surface area contributed by atoms with Gasteiger partial charge in [-0.2, -0.15) is 0 Å². The van der Waals surface area contributed by atoms with Crippen LogP contribution in [0.5, 0.6) is 5.75 Å². The average Bonchev–Trinajstić information content (AvgIpc) is 3.09. The number of rotatable bonds is 4. The van der Waals surface area contributed by atoms with E-state index in [1.807, 2.05) is 6.07 Å². The molecule has 3 rings (SSSR count). The predicted molar refractivity (Wildman–Crippen MR) is 78.7 cm³/mol. The van der Waals surface area contributed by atoms with Gasteiger partial charge < -0.3 is 9.72 Å². The Bertz CT molecular complexity index is 579. The molecule has 1 N–H and O–H groups in total. The van der Waals surface area contributed by atoms with Crippen molar-refractivity contribution in [1.82, 2.24) is 14.9 Å². The van der Waals surface area contributed by atoms with Gasteiger partial charge in [0.25, 0.3) is 0 Å². The van der Waals surface area contributed by atoms with E-state index < -0.39 is 0 Å². The summed E-state index contributed by atoms with van der Waals surface area (Å²) < 4.78 is 5.34. The third-order valence-electron chi connectivity index (χ3n) is 4.13. The highest BCUT2D eigenvalue weighted by molar-refractivity contribution is 5.31. The molecule has 0 bridgehead atoms. The minimum Gasteiger partial charge on any atom is -0.497 e. The van der Waals surface area contributed by atoms with E-state index in [0.29, 0.717) is 6.04 Å². The highest BCUT2D eigenvalue weighted by Gasteiger charge is 2.27. The summed E-state index contributed by atoms with van der Waals surface area (Å²) in [4.78, 5) is 10.1. The molecule has 1 atom stereocenters. The number of hydrogen-bond acceptors (Lipinski definition) is 3. The van der Waals surface area contributed by atoms with Crippen molar-refractivity contribution in [3.8, 4) is 5.75 Å². The van der Waals surface area contributed by atoms with Crippen LogP contribution in [-0.4, -0.2) is 28.5 Å². The molecule has 1 aliphatic heterocycles. The summed E-state index contributed by atoms with van der Waals surface area (Å²) in [6.07, 6.45) is 4.23. The van der Waals surface area contributed by atoms with Crippen LogP contribution in [0.3, 0.4) is 0 Å². The van der Waals surface area contributed by atoms with E-state index >= 15 is 0 Å². The Labute approximate surface area is 119 Å². The second-order valence-corrected chi connectivity index (χ2v) is 5.38. The Kier molecular flexibility index (Phi) is 3.74. The third-order valence-corrected chi connectivity index (χ3v) is 4.13. The van der Waals surface area contributed by atoms with Crippen LogP contribution < -0.4 is 4.74 Å². The van der Waals surface area contributed by atoms with Crippen LogP contribution in [0.4, 0.5) is 0 Å². The molecular weight excluding hydrogens is 250 g/mol. The van der Waals surface area contributed by atoms with Crippen LogP contribution in [0, 0.1) is 6.92 Å². The molecule has 2 heterocycles. The summed E-state index contributed by atoms with van der Waals surface area (Å²) in [6, 6.07) is 8.90. The van der Waals surface area contributed by atoms with Crippen molar-refractivity contribution in [2.24, 2.45) is 0 Å². The number of aromatic nitrogens is 2. The van der Waals surface area contributed by atoms with Crippen molar-refractivity contribution in [2.45, 2.75) is 32.4 Å². The van der Waals surface area contributed by atoms with Gasteiger partial charge in [-0.25, -0.2) is 4.98 Å². The Hall–Kier alpha value is -1.81. The highest BCUT2D eigenvalue weighted by Crippen LogP contribution is 2.34. The molecule has 20 heavy (non-hydrogen) atoms. The van der Waals surface area contributed by atoms with E-state index in [2.05, 4.69) is 40.0 Å². The average molecular weight is 271 g/mol. The highest BCUT2D eigenvalue weighted by atomic mass is 16.5. The van der Waals surface area contributed by atoms with Crippen molar-refractivity contribution in [1.29, 1.82) is 0 Å². The molecule has 1 unspecified atom stereocenters. The molecule has 1 saturated heterocycles. The topological polar surface area (TPSA) is 41.1 Å². The van der Waals surface area contributed by atoms with Gasteiger partial charge in [0.1, 0.15) is 5.75 Å². The number of benzene rings is 1. The Balaban J connectivity index is 1.79. The van der Waals surface area contributed by atoms with Crippen LogP contribution >= 0.6 is 0 Å². The number of nitrogens with one attached hydrogen (secondary N) is 1. The van der Waals surface area contributed by atoms with E-state index in [-0.39, 0.29) is 0 Å². The lowest BCUT2D eigenvalue weighted by Gasteiger charge is -2.24. The van der Waals surface area contributed by atoms with E-state index in [1.165, 1.54) is 24.1 Å². The fourth-order valence-electron chi connectivity index (χ4n) is 2.98. The largest absolute Gasteiger partial charge is 0.497 e. The molecule has 0 spiro atoms. The molecule has 0 saturated carbocycles. The SMILES string of the molecule is COc1cccc(C2CCCN2Cc2nc[nH]c2C)c1. The summed E-state index contributed by atoms with van der Waals surface area (Å²) in [7, 11) is 1.72. The maximum Gasteiger partial charge on any atom is 0.119 e. The number of likely N-dealkylation sites (tertiary alicyclic amines) is 1. The summed E-state index contributed by atoms with van der Waals surface area (Å²) in [6.45, 7) is 4.13. The molecule has 0 radical (unpaired) electrons. The van der Waals surface area contributed by atoms with Gasteiger partial charge in [-0.3, -0.25) is 4.90 Å². The van der Waals surface area contributed by atoms with Crippen molar-refractivity contribution in [3.63, 3.8) is 0 Å². The number of imidazole rings is 1. The van der Waals surface area contributed by atoms with Crippen molar-refractivity contribution >= 4 is 0 Å². The van der Waals surface area contributed by atoms with Gasteiger partial charge in [0.15, 0.2) is 0 Å². The van der Waals surface area contributed by atoms with E-state index in [9.17, 15) is 0 Å². The quantitative estimate of drug-likeness (QED) is 0.929. The molecule has 4 nitrogen and oxygen atoms in total. The number of aromatic amines is 1. The van der Waals surface area contributed by atoms with Crippen LogP contribution in [0.15, 0.2) is 30.6 Å². The monoisotopic (exact) mass is 271 g/mol. The van der Waals surface area contributed by atoms with Crippen LogP contribution in [0.2, 0.25) is 0 Å². The first kappa shape index (κ1) is 13.2. The molecular formula is C16H21N3O.